The summed E-state index contributed by atoms with van der Waals surface area (Å²) in [7, 11) is 2.22. The predicted molar refractivity (Wildman–Crippen MR) is 114 cm³/mol. The van der Waals surface area contributed by atoms with Crippen LogP contribution >= 0.6 is 43.5 Å². The lowest BCUT2D eigenvalue weighted by atomic mass is 9.76. The first-order valence-electron chi connectivity index (χ1n) is 8.91. The molecule has 2 aliphatic rings. The monoisotopic (exact) mass is 486 g/mol. The molecule has 136 valence electrons. The molecule has 2 nitrogen and oxygen atoms in total. The van der Waals surface area contributed by atoms with Crippen molar-refractivity contribution in [2.45, 2.75) is 38.0 Å². The number of nitrogens with zero attached hydrogens (tertiary/aromatic N) is 1. The topological polar surface area (TPSA) is 29.3 Å². The van der Waals surface area contributed by atoms with Crippen molar-refractivity contribution in [3.63, 3.8) is 0 Å². The van der Waals surface area contributed by atoms with E-state index in [1.807, 2.05) is 0 Å². The molecule has 1 heterocycles. The molecule has 0 saturated carbocycles. The Labute approximate surface area is 172 Å². The van der Waals surface area contributed by atoms with Crippen molar-refractivity contribution in [2.75, 3.05) is 20.1 Å². The summed E-state index contributed by atoms with van der Waals surface area (Å²) in [6, 6.07) is 4.23. The molecule has 0 radical (unpaired) electrons. The maximum atomic E-state index is 6.35. The van der Waals surface area contributed by atoms with Crippen molar-refractivity contribution in [1.82, 2.24) is 4.90 Å². The Bertz CT molecular complexity index is 691. The summed E-state index contributed by atoms with van der Waals surface area (Å²) >= 11 is 13.7. The Morgan fingerprint density at radius 2 is 2.00 bits per heavy atom. The van der Waals surface area contributed by atoms with E-state index >= 15 is 0 Å². The quantitative estimate of drug-likeness (QED) is 0.519. The van der Waals surface area contributed by atoms with Crippen LogP contribution in [0.1, 0.15) is 42.7 Å². The largest absolute Gasteiger partial charge is 0.404 e. The molecule has 1 aromatic rings. The molecule has 1 unspecified atom stereocenters. The Hall–Kier alpha value is -0.290. The van der Waals surface area contributed by atoms with E-state index in [1.54, 1.807) is 6.20 Å². The number of likely N-dealkylation sites (tertiary alicyclic amines) is 1. The Morgan fingerprint density at radius 3 is 2.68 bits per heavy atom. The number of benzene rings is 1. The summed E-state index contributed by atoms with van der Waals surface area (Å²) in [5.74, 6) is 1.26. The lowest BCUT2D eigenvalue weighted by Gasteiger charge is -2.35. The van der Waals surface area contributed by atoms with E-state index in [0.29, 0.717) is 5.92 Å². The second-order valence-corrected chi connectivity index (χ2v) is 9.47. The van der Waals surface area contributed by atoms with E-state index in [4.69, 9.17) is 17.3 Å². The minimum Gasteiger partial charge on any atom is -0.404 e. The third-order valence-electron chi connectivity index (χ3n) is 5.58. The van der Waals surface area contributed by atoms with Crippen molar-refractivity contribution >= 4 is 43.5 Å². The Morgan fingerprint density at radius 1 is 1.28 bits per heavy atom. The van der Waals surface area contributed by atoms with Crippen molar-refractivity contribution in [3.8, 4) is 0 Å². The fraction of sp³-hybridized carbons (Fsp3) is 0.500. The lowest BCUT2D eigenvalue weighted by Crippen LogP contribution is -2.33. The van der Waals surface area contributed by atoms with E-state index in [-0.39, 0.29) is 0 Å². The molecule has 1 aliphatic heterocycles. The molecule has 1 aliphatic carbocycles. The van der Waals surface area contributed by atoms with Gasteiger partial charge in [0.25, 0.3) is 0 Å². The van der Waals surface area contributed by atoms with Gasteiger partial charge < -0.3 is 10.6 Å². The first-order chi connectivity index (χ1) is 12.0. The van der Waals surface area contributed by atoms with Crippen LogP contribution in [0.5, 0.6) is 0 Å². The maximum Gasteiger partial charge on any atom is 0.0420 e. The Kier molecular flexibility index (Phi) is 6.70. The Balaban J connectivity index is 1.99. The van der Waals surface area contributed by atoms with Gasteiger partial charge in [-0.1, -0.05) is 33.1 Å². The van der Waals surface area contributed by atoms with Crippen LogP contribution < -0.4 is 5.73 Å². The van der Waals surface area contributed by atoms with Gasteiger partial charge in [-0.15, -0.1) is 0 Å². The SMILES string of the molecule is CN1CCC(C2C/C(=C\C(Br)=C/N)CCc3cc(Cl)cc(Br)c32)CC1. The average Bonchev–Trinajstić information content (AvgIpc) is 2.75. The molecule has 0 aromatic heterocycles. The van der Waals surface area contributed by atoms with Crippen LogP contribution in [0.3, 0.4) is 0 Å². The van der Waals surface area contributed by atoms with Gasteiger partial charge >= 0.3 is 0 Å². The summed E-state index contributed by atoms with van der Waals surface area (Å²) in [6.07, 6.45) is 9.56. The molecule has 2 N–H and O–H groups in total. The minimum atomic E-state index is 0.544. The van der Waals surface area contributed by atoms with Crippen molar-refractivity contribution < 1.29 is 0 Å². The number of piperidine rings is 1. The molecule has 5 heteroatoms. The van der Waals surface area contributed by atoms with Crippen LogP contribution in [0, 0.1) is 5.92 Å². The number of halogens is 3. The second-order valence-electron chi connectivity index (χ2n) is 7.27. The summed E-state index contributed by atoms with van der Waals surface area (Å²) < 4.78 is 2.14. The van der Waals surface area contributed by atoms with Gasteiger partial charge in [-0.05, 0) is 109 Å². The fourth-order valence-corrected chi connectivity index (χ4v) is 5.74. The molecule has 25 heavy (non-hydrogen) atoms. The average molecular weight is 489 g/mol. The van der Waals surface area contributed by atoms with Gasteiger partial charge in [-0.25, -0.2) is 0 Å². The number of fused-ring (bicyclic) bond motifs is 1. The van der Waals surface area contributed by atoms with Crippen LogP contribution in [0.2, 0.25) is 5.02 Å². The zero-order valence-corrected chi connectivity index (χ0v) is 18.5. The highest BCUT2D eigenvalue weighted by molar-refractivity contribution is 9.12. The molecule has 0 spiro atoms. The summed E-state index contributed by atoms with van der Waals surface area (Å²) in [5, 5.41) is 0.822. The summed E-state index contributed by atoms with van der Waals surface area (Å²) in [4.78, 5) is 2.44. The molecule has 1 fully saturated rings. The number of aryl methyl sites for hydroxylation is 1. The molecule has 3 rings (SSSR count). The van der Waals surface area contributed by atoms with E-state index in [1.165, 1.54) is 47.1 Å². The van der Waals surface area contributed by atoms with Crippen LogP contribution in [0.25, 0.3) is 0 Å². The predicted octanol–water partition coefficient (Wildman–Crippen LogP) is 5.99. The van der Waals surface area contributed by atoms with E-state index in [2.05, 4.69) is 62.0 Å². The van der Waals surface area contributed by atoms with Gasteiger partial charge in [0.2, 0.25) is 0 Å². The van der Waals surface area contributed by atoms with E-state index in [0.717, 1.165) is 34.7 Å². The van der Waals surface area contributed by atoms with Gasteiger partial charge in [0.05, 0.1) is 0 Å². The molecule has 1 atom stereocenters. The number of hydrogen-bond acceptors (Lipinski definition) is 2. The van der Waals surface area contributed by atoms with Crippen LogP contribution in [0.4, 0.5) is 0 Å². The van der Waals surface area contributed by atoms with E-state index in [9.17, 15) is 0 Å². The normalized spacial score (nSPS) is 25.0. The molecular formula is C20H25Br2ClN2. The van der Waals surface area contributed by atoms with Crippen LogP contribution in [-0.4, -0.2) is 25.0 Å². The highest BCUT2D eigenvalue weighted by Crippen LogP contribution is 2.45. The fourth-order valence-electron chi connectivity index (χ4n) is 4.25. The minimum absolute atomic E-state index is 0.544. The smallest absolute Gasteiger partial charge is 0.0420 e. The third kappa shape index (κ3) is 4.71. The van der Waals surface area contributed by atoms with Crippen molar-refractivity contribution in [2.24, 2.45) is 11.7 Å². The molecule has 1 aromatic carbocycles. The molecule has 0 bridgehead atoms. The van der Waals surface area contributed by atoms with Gasteiger partial charge in [0.1, 0.15) is 0 Å². The summed E-state index contributed by atoms with van der Waals surface area (Å²) in [5.41, 5.74) is 10.0. The van der Waals surface area contributed by atoms with Crippen LogP contribution in [-0.2, 0) is 6.42 Å². The number of allylic oxidation sites excluding steroid dienone is 3. The molecule has 1 saturated heterocycles. The van der Waals surface area contributed by atoms with Gasteiger partial charge in [0, 0.05) is 20.2 Å². The molecular weight excluding hydrogens is 463 g/mol. The zero-order chi connectivity index (χ0) is 18.0. The number of rotatable bonds is 2. The molecule has 0 amide bonds. The number of hydrogen-bond donors (Lipinski definition) is 1. The van der Waals surface area contributed by atoms with E-state index < -0.39 is 0 Å². The highest BCUT2D eigenvalue weighted by Gasteiger charge is 2.32. The maximum absolute atomic E-state index is 6.35. The van der Waals surface area contributed by atoms with Gasteiger partial charge in [0.15, 0.2) is 0 Å². The van der Waals surface area contributed by atoms with Crippen molar-refractivity contribution in [3.05, 3.63) is 55.1 Å². The van der Waals surface area contributed by atoms with Crippen molar-refractivity contribution in [1.29, 1.82) is 0 Å². The third-order valence-corrected chi connectivity index (χ3v) is 6.95. The van der Waals surface area contributed by atoms with Crippen LogP contribution in [0.15, 0.2) is 38.9 Å². The van der Waals surface area contributed by atoms with Gasteiger partial charge in [-0.2, -0.15) is 0 Å². The zero-order valence-electron chi connectivity index (χ0n) is 14.6. The van der Waals surface area contributed by atoms with Gasteiger partial charge in [-0.3, -0.25) is 0 Å². The lowest BCUT2D eigenvalue weighted by molar-refractivity contribution is 0.197. The number of nitrogens with two attached hydrogens (primary N) is 1. The summed E-state index contributed by atoms with van der Waals surface area (Å²) in [6.45, 7) is 2.38. The first-order valence-corrected chi connectivity index (χ1v) is 10.9. The standard InChI is InChI=1S/C20H25Br2ClN2/c1-25-6-4-14(5-7-25)18-9-13(8-16(21)12-24)2-3-15-10-17(23)11-19(22)20(15)18/h8,10-12,14,18H,2-7,9,24H2,1H3/b13-8-,16-12+. The highest BCUT2D eigenvalue weighted by atomic mass is 79.9. The second kappa shape index (κ2) is 8.60. The first kappa shape index (κ1) is 19.5.